The highest BCUT2D eigenvalue weighted by Crippen LogP contribution is 2.34. The van der Waals surface area contributed by atoms with Crippen LogP contribution < -0.4 is 0 Å². The molecule has 0 amide bonds. The van der Waals surface area contributed by atoms with E-state index in [1.165, 1.54) is 35.5 Å². The van der Waals surface area contributed by atoms with Crippen molar-refractivity contribution in [2.45, 2.75) is 30.5 Å². The summed E-state index contributed by atoms with van der Waals surface area (Å²) in [5, 5.41) is 0. The molecule has 1 aliphatic rings. The summed E-state index contributed by atoms with van der Waals surface area (Å²) < 4.78 is 26.4. The molecule has 17 heavy (non-hydrogen) atoms. The van der Waals surface area contributed by atoms with E-state index in [1.54, 1.807) is 0 Å². The summed E-state index contributed by atoms with van der Waals surface area (Å²) >= 11 is 0. The van der Waals surface area contributed by atoms with Gasteiger partial charge in [-0.3, -0.25) is 4.79 Å². The van der Waals surface area contributed by atoms with Crippen molar-refractivity contribution >= 4 is 5.78 Å². The van der Waals surface area contributed by atoms with Gasteiger partial charge in [0.15, 0.2) is 5.78 Å². The van der Waals surface area contributed by atoms with Gasteiger partial charge in [-0.15, -0.1) is 0 Å². The maximum absolute atomic E-state index is 12.1. The number of carbonyl (C=O) groups is 1. The van der Waals surface area contributed by atoms with Gasteiger partial charge in [-0.05, 0) is 0 Å². The second-order valence-corrected chi connectivity index (χ2v) is 3.83. The number of ketones is 1. The molecule has 1 fully saturated rings. The Balaban J connectivity index is 3.10. The van der Waals surface area contributed by atoms with E-state index in [2.05, 4.69) is 0 Å². The first-order valence-corrected chi connectivity index (χ1v) is 5.33. The van der Waals surface area contributed by atoms with E-state index in [4.69, 9.17) is 23.7 Å². The Hall–Kier alpha value is -0.530. The van der Waals surface area contributed by atoms with Gasteiger partial charge in [-0.2, -0.15) is 0 Å². The van der Waals surface area contributed by atoms with Gasteiger partial charge >= 0.3 is 0 Å². The Morgan fingerprint density at radius 1 is 1.00 bits per heavy atom. The predicted octanol–water partition coefficient (Wildman–Crippen LogP) is -0.00670. The summed E-state index contributed by atoms with van der Waals surface area (Å²) in [6.07, 6.45) is -1.30. The van der Waals surface area contributed by atoms with Gasteiger partial charge < -0.3 is 23.7 Å². The summed E-state index contributed by atoms with van der Waals surface area (Å²) in [5.41, 5.74) is 0. The molecule has 0 aromatic rings. The quantitative estimate of drug-likeness (QED) is 0.638. The first-order chi connectivity index (χ1) is 8.11. The fourth-order valence-electron chi connectivity index (χ4n) is 2.34. The number of carbonyl (C=O) groups excluding carboxylic acids is 1. The molecule has 0 N–H and O–H groups in total. The molecule has 6 heteroatoms. The van der Waals surface area contributed by atoms with E-state index < -0.39 is 18.0 Å². The molecule has 0 aliphatic heterocycles. The zero-order valence-corrected chi connectivity index (χ0v) is 10.9. The van der Waals surface area contributed by atoms with Crippen LogP contribution in [-0.2, 0) is 28.5 Å². The Bertz CT molecular complexity index is 263. The van der Waals surface area contributed by atoms with Crippen LogP contribution in [0, 0.1) is 0 Å². The Kier molecular flexibility index (Phi) is 5.03. The summed E-state index contributed by atoms with van der Waals surface area (Å²) in [5.74, 6) is -1.64. The molecule has 0 bridgehead atoms. The standard InChI is InChI=1S/C11H20O6/c1-13-7-6-8(12)11(16-4,17-5)10(15-3)9(7)14-2/h7,9-10H,6H2,1-5H3/t7-,9+,10?/m0/s1. The van der Waals surface area contributed by atoms with Gasteiger partial charge in [-0.1, -0.05) is 0 Å². The zero-order valence-electron chi connectivity index (χ0n) is 10.9. The van der Waals surface area contributed by atoms with Gasteiger partial charge in [-0.25, -0.2) is 0 Å². The van der Waals surface area contributed by atoms with Crippen molar-refractivity contribution in [2.75, 3.05) is 35.5 Å². The highest BCUT2D eigenvalue weighted by atomic mass is 16.7. The predicted molar refractivity (Wildman–Crippen MR) is 58.8 cm³/mol. The Morgan fingerprint density at radius 2 is 1.59 bits per heavy atom. The number of ether oxygens (including phenoxy) is 5. The first-order valence-electron chi connectivity index (χ1n) is 5.33. The van der Waals surface area contributed by atoms with Gasteiger partial charge in [0.2, 0.25) is 0 Å². The molecular weight excluding hydrogens is 228 g/mol. The molecule has 0 spiro atoms. The van der Waals surface area contributed by atoms with Crippen LogP contribution in [0.25, 0.3) is 0 Å². The lowest BCUT2D eigenvalue weighted by atomic mass is 9.84. The lowest BCUT2D eigenvalue weighted by Crippen LogP contribution is -2.66. The molecule has 1 rings (SSSR count). The molecule has 0 aromatic heterocycles. The molecule has 1 aliphatic carbocycles. The van der Waals surface area contributed by atoms with Crippen LogP contribution in [0.3, 0.4) is 0 Å². The van der Waals surface area contributed by atoms with Crippen molar-refractivity contribution in [1.82, 2.24) is 0 Å². The van der Waals surface area contributed by atoms with E-state index in [9.17, 15) is 4.79 Å². The third-order valence-electron chi connectivity index (χ3n) is 3.25. The smallest absolute Gasteiger partial charge is 0.258 e. The van der Waals surface area contributed by atoms with Gasteiger partial charge in [0, 0.05) is 42.0 Å². The first kappa shape index (κ1) is 14.5. The Morgan fingerprint density at radius 3 is 1.94 bits per heavy atom. The minimum absolute atomic E-state index is 0.163. The molecule has 100 valence electrons. The van der Waals surface area contributed by atoms with Crippen LogP contribution in [0.4, 0.5) is 0 Å². The van der Waals surface area contributed by atoms with Gasteiger partial charge in [0.25, 0.3) is 5.79 Å². The topological polar surface area (TPSA) is 63.2 Å². The molecule has 6 nitrogen and oxygen atoms in total. The van der Waals surface area contributed by atoms with E-state index in [0.29, 0.717) is 0 Å². The third-order valence-corrected chi connectivity index (χ3v) is 3.25. The molecule has 0 radical (unpaired) electrons. The molecular formula is C11H20O6. The van der Waals surface area contributed by atoms with Crippen molar-refractivity contribution in [3.05, 3.63) is 0 Å². The second-order valence-electron chi connectivity index (χ2n) is 3.83. The molecule has 0 heterocycles. The number of hydrogen-bond acceptors (Lipinski definition) is 6. The van der Waals surface area contributed by atoms with E-state index >= 15 is 0 Å². The fraction of sp³-hybridized carbons (Fsp3) is 0.909. The van der Waals surface area contributed by atoms with E-state index in [-0.39, 0.29) is 18.3 Å². The van der Waals surface area contributed by atoms with E-state index in [0.717, 1.165) is 0 Å². The van der Waals surface area contributed by atoms with Gasteiger partial charge in [0.05, 0.1) is 6.10 Å². The van der Waals surface area contributed by atoms with Crippen molar-refractivity contribution in [3.63, 3.8) is 0 Å². The Labute approximate surface area is 101 Å². The number of rotatable bonds is 5. The molecule has 1 unspecified atom stereocenters. The highest BCUT2D eigenvalue weighted by molar-refractivity contribution is 5.88. The molecule has 0 saturated heterocycles. The zero-order chi connectivity index (χ0) is 13.1. The maximum atomic E-state index is 12.1. The molecule has 1 saturated carbocycles. The minimum Gasteiger partial charge on any atom is -0.378 e. The van der Waals surface area contributed by atoms with Crippen LogP contribution in [0.15, 0.2) is 0 Å². The average molecular weight is 248 g/mol. The normalized spacial score (nSPS) is 32.8. The van der Waals surface area contributed by atoms with Crippen LogP contribution in [0.2, 0.25) is 0 Å². The lowest BCUT2D eigenvalue weighted by Gasteiger charge is -2.45. The molecule has 3 atom stereocenters. The fourth-order valence-corrected chi connectivity index (χ4v) is 2.34. The molecule has 0 aromatic carbocycles. The van der Waals surface area contributed by atoms with E-state index in [1.807, 2.05) is 0 Å². The largest absolute Gasteiger partial charge is 0.378 e. The number of methoxy groups -OCH3 is 5. The van der Waals surface area contributed by atoms with Crippen molar-refractivity contribution < 1.29 is 28.5 Å². The highest BCUT2D eigenvalue weighted by Gasteiger charge is 2.57. The van der Waals surface area contributed by atoms with Crippen molar-refractivity contribution in [3.8, 4) is 0 Å². The van der Waals surface area contributed by atoms with Crippen molar-refractivity contribution in [2.24, 2.45) is 0 Å². The average Bonchev–Trinajstić information content (AvgIpc) is 2.37. The van der Waals surface area contributed by atoms with Gasteiger partial charge in [0.1, 0.15) is 12.2 Å². The number of hydrogen-bond donors (Lipinski definition) is 0. The van der Waals surface area contributed by atoms with Crippen LogP contribution >= 0.6 is 0 Å². The van der Waals surface area contributed by atoms with Crippen molar-refractivity contribution in [1.29, 1.82) is 0 Å². The van der Waals surface area contributed by atoms with Crippen LogP contribution in [-0.4, -0.2) is 65.4 Å². The lowest BCUT2D eigenvalue weighted by molar-refractivity contribution is -0.289. The van der Waals surface area contributed by atoms with Crippen LogP contribution in [0.5, 0.6) is 0 Å². The SMILES string of the molecule is COC1[C@H](OC)[C@@H](OC)CC(=O)C1(OC)OC. The number of Topliss-reactive ketones (excluding diaryl/α,β-unsaturated/α-hetero) is 1. The summed E-state index contributed by atoms with van der Waals surface area (Å²) in [6.45, 7) is 0. The minimum atomic E-state index is -1.43. The van der Waals surface area contributed by atoms with Crippen LogP contribution in [0.1, 0.15) is 6.42 Å². The summed E-state index contributed by atoms with van der Waals surface area (Å²) in [6, 6.07) is 0. The summed E-state index contributed by atoms with van der Waals surface area (Å²) in [4.78, 5) is 12.1. The monoisotopic (exact) mass is 248 g/mol. The third kappa shape index (κ3) is 2.23. The maximum Gasteiger partial charge on any atom is 0.258 e. The summed E-state index contributed by atoms with van der Waals surface area (Å²) in [7, 11) is 7.37. The second kappa shape index (κ2) is 5.88.